The third kappa shape index (κ3) is 2.62. The van der Waals surface area contributed by atoms with E-state index < -0.39 is 0 Å². The lowest BCUT2D eigenvalue weighted by Gasteiger charge is -2.19. The van der Waals surface area contributed by atoms with Gasteiger partial charge in [0.25, 0.3) is 0 Å². The van der Waals surface area contributed by atoms with Gasteiger partial charge in [-0.15, -0.1) is 0 Å². The predicted octanol–water partition coefficient (Wildman–Crippen LogP) is 3.18. The van der Waals surface area contributed by atoms with Gasteiger partial charge in [0, 0.05) is 5.92 Å². The molecule has 0 spiro atoms. The second kappa shape index (κ2) is 5.34. The van der Waals surface area contributed by atoms with Crippen LogP contribution in [-0.4, -0.2) is 6.29 Å². The fourth-order valence-corrected chi connectivity index (χ4v) is 2.28. The minimum atomic E-state index is 0.350. The summed E-state index contributed by atoms with van der Waals surface area (Å²) in [5.74, 6) is 1.05. The largest absolute Gasteiger partial charge is 0.303 e. The smallest absolute Gasteiger partial charge is 0.123 e. The molecule has 1 rings (SSSR count). The monoisotopic (exact) mass is 168 g/mol. The number of carbonyl (C=O) groups excluding carboxylic acids is 1. The van der Waals surface area contributed by atoms with Crippen molar-refractivity contribution in [1.29, 1.82) is 0 Å². The molecule has 1 unspecified atom stereocenters. The van der Waals surface area contributed by atoms with Gasteiger partial charge in [0.1, 0.15) is 6.29 Å². The van der Waals surface area contributed by atoms with Gasteiger partial charge in [-0.3, -0.25) is 0 Å². The topological polar surface area (TPSA) is 17.1 Å². The summed E-state index contributed by atoms with van der Waals surface area (Å²) in [6, 6.07) is 0. The van der Waals surface area contributed by atoms with Crippen LogP contribution in [0.15, 0.2) is 0 Å². The molecule has 70 valence electrons. The Bertz CT molecular complexity index is 123. The van der Waals surface area contributed by atoms with Gasteiger partial charge in [0.2, 0.25) is 0 Å². The summed E-state index contributed by atoms with van der Waals surface area (Å²) in [6.07, 6.45) is 10.2. The highest BCUT2D eigenvalue weighted by molar-refractivity contribution is 5.53. The van der Waals surface area contributed by atoms with Gasteiger partial charge in [-0.05, 0) is 25.2 Å². The molecular formula is C11H20O. The first kappa shape index (κ1) is 9.76. The Morgan fingerprint density at radius 1 is 1.25 bits per heavy atom. The summed E-state index contributed by atoms with van der Waals surface area (Å²) in [5.41, 5.74) is 0. The van der Waals surface area contributed by atoms with Crippen molar-refractivity contribution in [3.8, 4) is 0 Å². The van der Waals surface area contributed by atoms with E-state index in [1.807, 2.05) is 0 Å². The van der Waals surface area contributed by atoms with Gasteiger partial charge in [0.15, 0.2) is 0 Å². The van der Waals surface area contributed by atoms with E-state index in [9.17, 15) is 4.79 Å². The van der Waals surface area contributed by atoms with Gasteiger partial charge in [-0.1, -0.05) is 32.6 Å². The van der Waals surface area contributed by atoms with E-state index in [2.05, 4.69) is 6.92 Å². The van der Waals surface area contributed by atoms with Crippen molar-refractivity contribution in [3.05, 3.63) is 0 Å². The van der Waals surface area contributed by atoms with Crippen LogP contribution < -0.4 is 0 Å². The van der Waals surface area contributed by atoms with Crippen molar-refractivity contribution in [2.24, 2.45) is 11.8 Å². The first-order valence-electron chi connectivity index (χ1n) is 5.33. The highest BCUT2D eigenvalue weighted by Gasteiger charge is 2.20. The summed E-state index contributed by atoms with van der Waals surface area (Å²) in [6.45, 7) is 2.13. The van der Waals surface area contributed by atoms with Crippen LogP contribution >= 0.6 is 0 Å². The first-order chi connectivity index (χ1) is 5.88. The Labute approximate surface area is 75.5 Å². The normalized spacial score (nSPS) is 23.1. The quantitative estimate of drug-likeness (QED) is 0.467. The lowest BCUT2D eigenvalue weighted by molar-refractivity contribution is -0.112. The van der Waals surface area contributed by atoms with Crippen LogP contribution in [0.3, 0.4) is 0 Å². The van der Waals surface area contributed by atoms with Crippen LogP contribution in [0.5, 0.6) is 0 Å². The van der Waals surface area contributed by atoms with E-state index in [0.717, 1.165) is 6.42 Å². The second-order valence-corrected chi connectivity index (χ2v) is 3.96. The second-order valence-electron chi connectivity index (χ2n) is 3.96. The van der Waals surface area contributed by atoms with E-state index in [-0.39, 0.29) is 0 Å². The van der Waals surface area contributed by atoms with Crippen molar-refractivity contribution < 1.29 is 4.79 Å². The van der Waals surface area contributed by atoms with E-state index in [4.69, 9.17) is 0 Å². The Kier molecular flexibility index (Phi) is 4.34. The van der Waals surface area contributed by atoms with E-state index in [0.29, 0.717) is 11.8 Å². The number of rotatable bonds is 3. The maximum Gasteiger partial charge on any atom is 0.123 e. The lowest BCUT2D eigenvalue weighted by Crippen LogP contribution is -2.14. The summed E-state index contributed by atoms with van der Waals surface area (Å²) in [7, 11) is 0. The molecular weight excluding hydrogens is 148 g/mol. The maximum atomic E-state index is 10.7. The zero-order valence-electron chi connectivity index (χ0n) is 8.09. The Hall–Kier alpha value is -0.330. The molecule has 0 amide bonds. The summed E-state index contributed by atoms with van der Waals surface area (Å²) < 4.78 is 0. The summed E-state index contributed by atoms with van der Waals surface area (Å²) >= 11 is 0. The average molecular weight is 168 g/mol. The summed E-state index contributed by atoms with van der Waals surface area (Å²) in [5, 5.41) is 0. The molecule has 12 heavy (non-hydrogen) atoms. The molecule has 0 saturated heterocycles. The highest BCUT2D eigenvalue weighted by atomic mass is 16.1. The Morgan fingerprint density at radius 2 is 1.83 bits per heavy atom. The van der Waals surface area contributed by atoms with Crippen molar-refractivity contribution in [3.63, 3.8) is 0 Å². The third-order valence-corrected chi connectivity index (χ3v) is 3.15. The molecule has 1 fully saturated rings. The van der Waals surface area contributed by atoms with Gasteiger partial charge in [-0.25, -0.2) is 0 Å². The Morgan fingerprint density at radius 3 is 2.25 bits per heavy atom. The van der Waals surface area contributed by atoms with Crippen LogP contribution in [0.1, 0.15) is 51.9 Å². The number of carbonyl (C=O) groups is 1. The highest BCUT2D eigenvalue weighted by Crippen LogP contribution is 2.29. The van der Waals surface area contributed by atoms with Crippen LogP contribution in [-0.2, 0) is 4.79 Å². The lowest BCUT2D eigenvalue weighted by atomic mass is 9.85. The van der Waals surface area contributed by atoms with Gasteiger partial charge in [-0.2, -0.15) is 0 Å². The zero-order chi connectivity index (χ0) is 8.81. The van der Waals surface area contributed by atoms with Crippen molar-refractivity contribution in [1.82, 2.24) is 0 Å². The molecule has 1 atom stereocenters. The molecule has 0 aromatic rings. The SMILES string of the molecule is CCC(C=O)C1CCCCCC1. The molecule has 1 saturated carbocycles. The molecule has 0 N–H and O–H groups in total. The number of hydrogen-bond donors (Lipinski definition) is 0. The first-order valence-corrected chi connectivity index (χ1v) is 5.33. The molecule has 0 aromatic carbocycles. The molecule has 1 aliphatic carbocycles. The van der Waals surface area contributed by atoms with Crippen molar-refractivity contribution in [2.75, 3.05) is 0 Å². The molecule has 0 aliphatic heterocycles. The number of hydrogen-bond acceptors (Lipinski definition) is 1. The zero-order valence-corrected chi connectivity index (χ0v) is 8.09. The van der Waals surface area contributed by atoms with Crippen LogP contribution in [0.2, 0.25) is 0 Å². The number of aldehydes is 1. The minimum Gasteiger partial charge on any atom is -0.303 e. The Balaban J connectivity index is 2.40. The molecule has 1 nitrogen and oxygen atoms in total. The third-order valence-electron chi connectivity index (χ3n) is 3.15. The standard InChI is InChI=1S/C11H20O/c1-2-10(9-12)11-7-5-3-4-6-8-11/h9-11H,2-8H2,1H3. The van der Waals surface area contributed by atoms with Crippen LogP contribution in [0.25, 0.3) is 0 Å². The maximum absolute atomic E-state index is 10.7. The fraction of sp³-hybridized carbons (Fsp3) is 0.909. The van der Waals surface area contributed by atoms with Crippen LogP contribution in [0, 0.1) is 11.8 Å². The van der Waals surface area contributed by atoms with Gasteiger partial charge < -0.3 is 4.79 Å². The van der Waals surface area contributed by atoms with Gasteiger partial charge >= 0.3 is 0 Å². The molecule has 0 heterocycles. The van der Waals surface area contributed by atoms with E-state index in [1.165, 1.54) is 44.8 Å². The van der Waals surface area contributed by atoms with Crippen molar-refractivity contribution in [2.45, 2.75) is 51.9 Å². The van der Waals surface area contributed by atoms with E-state index in [1.54, 1.807) is 0 Å². The summed E-state index contributed by atoms with van der Waals surface area (Å²) in [4.78, 5) is 10.7. The molecule has 0 bridgehead atoms. The average Bonchev–Trinajstić information content (AvgIpc) is 2.35. The van der Waals surface area contributed by atoms with Gasteiger partial charge in [0.05, 0.1) is 0 Å². The predicted molar refractivity (Wildman–Crippen MR) is 51.0 cm³/mol. The van der Waals surface area contributed by atoms with Crippen LogP contribution in [0.4, 0.5) is 0 Å². The molecule has 1 aliphatic rings. The fourth-order valence-electron chi connectivity index (χ4n) is 2.28. The molecule has 0 radical (unpaired) electrons. The van der Waals surface area contributed by atoms with Crippen molar-refractivity contribution >= 4 is 6.29 Å². The molecule has 0 aromatic heterocycles. The molecule has 1 heteroatoms. The minimum absolute atomic E-state index is 0.350. The van der Waals surface area contributed by atoms with E-state index >= 15 is 0 Å².